The van der Waals surface area contributed by atoms with Gasteiger partial charge in [0.05, 0.1) is 19.3 Å². The largest absolute Gasteiger partial charge is 0.390 e. The molecular formula is C16H24N2O2. The molecule has 2 heterocycles. The second kappa shape index (κ2) is 6.68. The molecule has 1 aromatic rings. The van der Waals surface area contributed by atoms with E-state index >= 15 is 0 Å². The van der Waals surface area contributed by atoms with Crippen molar-refractivity contribution in [3.63, 3.8) is 0 Å². The second-order valence-electron chi connectivity index (χ2n) is 5.82. The van der Waals surface area contributed by atoms with Gasteiger partial charge in [-0.05, 0) is 17.5 Å². The minimum Gasteiger partial charge on any atom is -0.390 e. The highest BCUT2D eigenvalue weighted by Crippen LogP contribution is 2.18. The number of aliphatic hydroxyl groups is 1. The highest BCUT2D eigenvalue weighted by molar-refractivity contribution is 5.29. The molecule has 4 heteroatoms. The van der Waals surface area contributed by atoms with Gasteiger partial charge in [-0.3, -0.25) is 9.80 Å². The van der Waals surface area contributed by atoms with E-state index in [-0.39, 0.29) is 6.10 Å². The van der Waals surface area contributed by atoms with E-state index < -0.39 is 0 Å². The zero-order valence-corrected chi connectivity index (χ0v) is 12.0. The molecule has 0 aromatic heterocycles. The lowest BCUT2D eigenvalue weighted by molar-refractivity contribution is 0.00587. The molecule has 2 aliphatic heterocycles. The summed E-state index contributed by atoms with van der Waals surface area (Å²) in [6, 6.07) is 8.64. The van der Waals surface area contributed by atoms with Crippen LogP contribution >= 0.6 is 0 Å². The summed E-state index contributed by atoms with van der Waals surface area (Å²) in [5, 5.41) is 10.3. The molecule has 0 spiro atoms. The maximum absolute atomic E-state index is 10.3. The van der Waals surface area contributed by atoms with Gasteiger partial charge in [0.2, 0.25) is 0 Å². The number of benzene rings is 1. The molecule has 110 valence electrons. The summed E-state index contributed by atoms with van der Waals surface area (Å²) in [6.45, 7) is 7.04. The average Bonchev–Trinajstić information content (AvgIpc) is 2.48. The fourth-order valence-corrected chi connectivity index (χ4v) is 3.15. The molecule has 0 saturated carbocycles. The van der Waals surface area contributed by atoms with E-state index in [0.29, 0.717) is 0 Å². The number of hydrogen-bond donors (Lipinski definition) is 1. The smallest absolute Gasteiger partial charge is 0.0793 e. The third-order valence-corrected chi connectivity index (χ3v) is 4.25. The Morgan fingerprint density at radius 1 is 1.00 bits per heavy atom. The number of β-amino-alcohol motifs (C(OH)–C–C–N with tert-alkyl or cyclic N) is 1. The minimum absolute atomic E-state index is 0.265. The summed E-state index contributed by atoms with van der Waals surface area (Å²) < 4.78 is 5.34. The molecule has 0 amide bonds. The highest BCUT2D eigenvalue weighted by atomic mass is 16.5. The molecule has 1 atom stereocenters. The Hall–Kier alpha value is -0.940. The van der Waals surface area contributed by atoms with E-state index in [1.54, 1.807) is 0 Å². The molecule has 0 bridgehead atoms. The van der Waals surface area contributed by atoms with Crippen molar-refractivity contribution in [1.82, 2.24) is 9.80 Å². The lowest BCUT2D eigenvalue weighted by Crippen LogP contribution is -2.45. The Labute approximate surface area is 120 Å². The number of nitrogens with zero attached hydrogens (tertiary/aromatic N) is 2. The number of hydrogen-bond acceptors (Lipinski definition) is 4. The van der Waals surface area contributed by atoms with Gasteiger partial charge in [-0.25, -0.2) is 0 Å². The van der Waals surface area contributed by atoms with Gasteiger partial charge in [0, 0.05) is 39.3 Å². The van der Waals surface area contributed by atoms with Crippen LogP contribution in [0, 0.1) is 0 Å². The summed E-state index contributed by atoms with van der Waals surface area (Å²) in [5.41, 5.74) is 2.88. The van der Waals surface area contributed by atoms with Crippen molar-refractivity contribution in [2.75, 3.05) is 45.9 Å². The summed E-state index contributed by atoms with van der Waals surface area (Å²) in [6.07, 6.45) is 0.832. The van der Waals surface area contributed by atoms with Gasteiger partial charge in [-0.1, -0.05) is 24.3 Å². The molecule has 1 aromatic carbocycles. The average molecular weight is 276 g/mol. The fourth-order valence-electron chi connectivity index (χ4n) is 3.15. The molecule has 3 rings (SSSR count). The molecule has 4 nitrogen and oxygen atoms in total. The Balaban J connectivity index is 1.48. The number of rotatable bonds is 4. The van der Waals surface area contributed by atoms with Crippen LogP contribution in [0.3, 0.4) is 0 Å². The van der Waals surface area contributed by atoms with Gasteiger partial charge < -0.3 is 9.84 Å². The molecule has 20 heavy (non-hydrogen) atoms. The second-order valence-corrected chi connectivity index (χ2v) is 5.82. The van der Waals surface area contributed by atoms with Crippen LogP contribution in [-0.4, -0.2) is 66.9 Å². The van der Waals surface area contributed by atoms with Crippen LogP contribution in [0.15, 0.2) is 24.3 Å². The third-order valence-electron chi connectivity index (χ3n) is 4.25. The summed E-state index contributed by atoms with van der Waals surface area (Å²) >= 11 is 0. The predicted octanol–water partition coefficient (Wildman–Crippen LogP) is 0.738. The van der Waals surface area contributed by atoms with E-state index in [4.69, 9.17) is 4.74 Å². The lowest BCUT2D eigenvalue weighted by atomic mass is 10.00. The van der Waals surface area contributed by atoms with Gasteiger partial charge in [-0.2, -0.15) is 0 Å². The molecule has 0 radical (unpaired) electrons. The number of aliphatic hydroxyl groups excluding tert-OH is 1. The SMILES string of the molecule is OC(CN1CCOCC1)CN1CCc2ccccc2C1. The Morgan fingerprint density at radius 3 is 2.50 bits per heavy atom. The number of fused-ring (bicyclic) bond motifs is 1. The fraction of sp³-hybridized carbons (Fsp3) is 0.625. The maximum atomic E-state index is 10.3. The minimum atomic E-state index is -0.265. The van der Waals surface area contributed by atoms with Crippen LogP contribution in [-0.2, 0) is 17.7 Å². The first-order chi connectivity index (χ1) is 9.81. The quantitative estimate of drug-likeness (QED) is 0.880. The van der Waals surface area contributed by atoms with Crippen molar-refractivity contribution in [3.05, 3.63) is 35.4 Å². The van der Waals surface area contributed by atoms with Gasteiger partial charge in [-0.15, -0.1) is 0 Å². The number of ether oxygens (including phenoxy) is 1. The monoisotopic (exact) mass is 276 g/mol. The zero-order valence-electron chi connectivity index (χ0n) is 12.0. The maximum Gasteiger partial charge on any atom is 0.0793 e. The number of morpholine rings is 1. The topological polar surface area (TPSA) is 35.9 Å². The van der Waals surface area contributed by atoms with Crippen LogP contribution in [0.25, 0.3) is 0 Å². The van der Waals surface area contributed by atoms with Gasteiger partial charge in [0.1, 0.15) is 0 Å². The van der Waals surface area contributed by atoms with Crippen molar-refractivity contribution in [2.24, 2.45) is 0 Å². The lowest BCUT2D eigenvalue weighted by Gasteiger charge is -2.33. The third kappa shape index (κ3) is 3.58. The summed E-state index contributed by atoms with van der Waals surface area (Å²) in [5.74, 6) is 0. The van der Waals surface area contributed by atoms with Crippen molar-refractivity contribution < 1.29 is 9.84 Å². The summed E-state index contributed by atoms with van der Waals surface area (Å²) in [7, 11) is 0. The van der Waals surface area contributed by atoms with Gasteiger partial charge in [0.25, 0.3) is 0 Å². The first-order valence-corrected chi connectivity index (χ1v) is 7.58. The van der Waals surface area contributed by atoms with Crippen LogP contribution in [0.5, 0.6) is 0 Å². The Kier molecular flexibility index (Phi) is 4.68. The van der Waals surface area contributed by atoms with Crippen LogP contribution < -0.4 is 0 Å². The van der Waals surface area contributed by atoms with Crippen LogP contribution in [0.4, 0.5) is 0 Å². The van der Waals surface area contributed by atoms with Crippen LogP contribution in [0.1, 0.15) is 11.1 Å². The normalized spacial score (nSPS) is 22.4. The highest BCUT2D eigenvalue weighted by Gasteiger charge is 2.20. The van der Waals surface area contributed by atoms with E-state index in [1.165, 1.54) is 11.1 Å². The molecule has 1 fully saturated rings. The standard InChI is InChI=1S/C16H24N2O2/c19-16(12-17-7-9-20-10-8-17)13-18-6-5-14-3-1-2-4-15(14)11-18/h1-4,16,19H,5-13H2. The molecule has 2 aliphatic rings. The van der Waals surface area contributed by atoms with E-state index in [0.717, 1.165) is 58.9 Å². The van der Waals surface area contributed by atoms with Crippen molar-refractivity contribution in [3.8, 4) is 0 Å². The summed E-state index contributed by atoms with van der Waals surface area (Å²) in [4.78, 5) is 4.67. The Morgan fingerprint density at radius 2 is 1.70 bits per heavy atom. The van der Waals surface area contributed by atoms with Crippen LogP contribution in [0.2, 0.25) is 0 Å². The van der Waals surface area contributed by atoms with Crippen molar-refractivity contribution in [2.45, 2.75) is 19.1 Å². The first kappa shape index (κ1) is 14.0. The van der Waals surface area contributed by atoms with Crippen molar-refractivity contribution >= 4 is 0 Å². The molecule has 1 saturated heterocycles. The van der Waals surface area contributed by atoms with Gasteiger partial charge in [0.15, 0.2) is 0 Å². The molecule has 0 aliphatic carbocycles. The van der Waals surface area contributed by atoms with Gasteiger partial charge >= 0.3 is 0 Å². The molecular weight excluding hydrogens is 252 g/mol. The van der Waals surface area contributed by atoms with Crippen molar-refractivity contribution in [1.29, 1.82) is 0 Å². The van der Waals surface area contributed by atoms with E-state index in [1.807, 2.05) is 0 Å². The van der Waals surface area contributed by atoms with E-state index in [2.05, 4.69) is 34.1 Å². The van der Waals surface area contributed by atoms with E-state index in [9.17, 15) is 5.11 Å². The molecule has 1 N–H and O–H groups in total. The Bertz CT molecular complexity index is 432. The first-order valence-electron chi connectivity index (χ1n) is 7.58. The predicted molar refractivity (Wildman–Crippen MR) is 78.7 cm³/mol. The zero-order chi connectivity index (χ0) is 13.8. The molecule has 1 unspecified atom stereocenters.